The molecule has 4 nitrogen and oxygen atoms in total. The van der Waals surface area contributed by atoms with Gasteiger partial charge in [-0.1, -0.05) is 153 Å². The van der Waals surface area contributed by atoms with E-state index in [-0.39, 0.29) is 5.41 Å². The smallest absolute Gasteiger partial charge is 0.137 e. The lowest BCUT2D eigenvalue weighted by Gasteiger charge is -2.28. The predicted octanol–water partition coefficient (Wildman–Crippen LogP) is 17.2. The summed E-state index contributed by atoms with van der Waals surface area (Å²) in [4.78, 5) is 2.38. The maximum Gasteiger partial charge on any atom is 0.137 e. The van der Waals surface area contributed by atoms with Crippen molar-refractivity contribution >= 4 is 82.6 Å². The molecular formula is C63H43N3O. The molecule has 0 unspecified atom stereocenters. The predicted molar refractivity (Wildman–Crippen MR) is 280 cm³/mol. The Morgan fingerprint density at radius 1 is 0.388 bits per heavy atom. The minimum absolute atomic E-state index is 0.294. The summed E-state index contributed by atoms with van der Waals surface area (Å²) < 4.78 is 11.6. The molecule has 1 aliphatic carbocycles. The largest absolute Gasteiger partial charge is 0.456 e. The third kappa shape index (κ3) is 5.54. The zero-order valence-electron chi connectivity index (χ0n) is 37.1. The number of nitrogens with zero attached hydrogens (tertiary/aromatic N) is 3. The van der Waals surface area contributed by atoms with Crippen molar-refractivity contribution < 1.29 is 4.42 Å². The molecule has 0 saturated heterocycles. The number of para-hydroxylation sites is 3. The van der Waals surface area contributed by atoms with Crippen LogP contribution in [0.1, 0.15) is 25.0 Å². The van der Waals surface area contributed by atoms with Crippen molar-refractivity contribution in [2.24, 2.45) is 0 Å². The standard InChI is InChI=1S/C63H43N3O/c1-63(2)54-37-45(64(44-28-25-41(26-29-44)40-15-5-3-6-16-40)47-32-35-53-59(39-47)67-58-36-27-42-17-9-10-20-48(42)60(53)58)30-33-49(54)50-34-31-46(38-55(50)63)66-57-24-14-12-22-52(57)61-51-21-11-13-23-56(51)65(62(61)66)43-18-7-4-8-19-43/h3-39H,1-2H3. The number of furan rings is 1. The van der Waals surface area contributed by atoms with Crippen LogP contribution in [0.15, 0.2) is 229 Å². The van der Waals surface area contributed by atoms with Gasteiger partial charge in [0.1, 0.15) is 16.8 Å². The van der Waals surface area contributed by atoms with Crippen molar-refractivity contribution in [2.75, 3.05) is 4.90 Å². The highest BCUT2D eigenvalue weighted by molar-refractivity contribution is 6.23. The van der Waals surface area contributed by atoms with Crippen molar-refractivity contribution in [3.8, 4) is 33.6 Å². The quantitative estimate of drug-likeness (QED) is 0.167. The Bertz CT molecular complexity index is 4110. The molecule has 0 amide bonds. The Kier molecular flexibility index (Phi) is 8.00. The number of anilines is 3. The van der Waals surface area contributed by atoms with Gasteiger partial charge in [0.25, 0.3) is 0 Å². The fourth-order valence-electron chi connectivity index (χ4n) is 11.3. The van der Waals surface area contributed by atoms with E-state index >= 15 is 0 Å². The van der Waals surface area contributed by atoms with E-state index < -0.39 is 0 Å². The molecule has 3 heterocycles. The van der Waals surface area contributed by atoms with Gasteiger partial charge in [-0.05, 0) is 123 Å². The van der Waals surface area contributed by atoms with Gasteiger partial charge in [0.15, 0.2) is 0 Å². The van der Waals surface area contributed by atoms with E-state index in [1.165, 1.54) is 77.0 Å². The monoisotopic (exact) mass is 857 g/mol. The van der Waals surface area contributed by atoms with Gasteiger partial charge in [0.2, 0.25) is 0 Å². The van der Waals surface area contributed by atoms with Gasteiger partial charge in [-0.2, -0.15) is 0 Å². The second-order valence-electron chi connectivity index (χ2n) is 18.5. The number of aromatic nitrogens is 2. The highest BCUT2D eigenvalue weighted by Gasteiger charge is 2.37. The van der Waals surface area contributed by atoms with E-state index in [1.807, 2.05) is 0 Å². The summed E-state index contributed by atoms with van der Waals surface area (Å²) in [6.07, 6.45) is 0. The van der Waals surface area contributed by atoms with E-state index in [9.17, 15) is 0 Å². The summed E-state index contributed by atoms with van der Waals surface area (Å²) in [6.45, 7) is 4.78. The number of hydrogen-bond acceptors (Lipinski definition) is 2. The van der Waals surface area contributed by atoms with Crippen LogP contribution in [0.5, 0.6) is 0 Å². The molecule has 0 bridgehead atoms. The van der Waals surface area contributed by atoms with Crippen LogP contribution in [0.2, 0.25) is 0 Å². The van der Waals surface area contributed by atoms with Gasteiger partial charge in [0.05, 0.1) is 11.0 Å². The molecule has 0 saturated carbocycles. The molecule has 0 aliphatic heterocycles. The van der Waals surface area contributed by atoms with Crippen molar-refractivity contribution in [3.05, 3.63) is 236 Å². The minimum atomic E-state index is -0.294. The van der Waals surface area contributed by atoms with Crippen molar-refractivity contribution in [1.29, 1.82) is 0 Å². The molecule has 10 aromatic carbocycles. The van der Waals surface area contributed by atoms with Gasteiger partial charge in [-0.15, -0.1) is 0 Å². The van der Waals surface area contributed by atoms with Crippen LogP contribution in [0.25, 0.3) is 99.2 Å². The maximum absolute atomic E-state index is 6.66. The van der Waals surface area contributed by atoms with Gasteiger partial charge >= 0.3 is 0 Å². The Labute approximate surface area is 387 Å². The van der Waals surface area contributed by atoms with Crippen molar-refractivity contribution in [1.82, 2.24) is 9.13 Å². The molecule has 1 aliphatic rings. The van der Waals surface area contributed by atoms with E-state index in [1.54, 1.807) is 0 Å². The first kappa shape index (κ1) is 37.7. The second kappa shape index (κ2) is 14.2. The molecule has 0 fully saturated rings. The highest BCUT2D eigenvalue weighted by Crippen LogP contribution is 2.52. The van der Waals surface area contributed by atoms with Gasteiger partial charge in [-0.25, -0.2) is 0 Å². The first-order chi connectivity index (χ1) is 33.0. The van der Waals surface area contributed by atoms with E-state index in [2.05, 4.69) is 252 Å². The third-order valence-electron chi connectivity index (χ3n) is 14.5. The fourth-order valence-corrected chi connectivity index (χ4v) is 11.3. The zero-order valence-corrected chi connectivity index (χ0v) is 37.1. The van der Waals surface area contributed by atoms with Gasteiger partial charge in [-0.3, -0.25) is 9.13 Å². The van der Waals surface area contributed by atoms with Crippen molar-refractivity contribution in [2.45, 2.75) is 19.3 Å². The minimum Gasteiger partial charge on any atom is -0.456 e. The lowest BCUT2D eigenvalue weighted by atomic mass is 9.82. The Morgan fingerprint density at radius 2 is 0.955 bits per heavy atom. The molecule has 14 rings (SSSR count). The average molecular weight is 858 g/mol. The summed E-state index contributed by atoms with van der Waals surface area (Å²) in [5, 5.41) is 8.47. The van der Waals surface area contributed by atoms with E-state index in [4.69, 9.17) is 4.42 Å². The number of fused-ring (bicyclic) bond motifs is 13. The summed E-state index contributed by atoms with van der Waals surface area (Å²) in [5.41, 5.74) is 18.1. The molecule has 67 heavy (non-hydrogen) atoms. The summed E-state index contributed by atoms with van der Waals surface area (Å²) in [5.74, 6) is 0. The van der Waals surface area contributed by atoms with Crippen LogP contribution >= 0.6 is 0 Å². The lowest BCUT2D eigenvalue weighted by molar-refractivity contribution is 0.660. The van der Waals surface area contributed by atoms with Gasteiger partial charge < -0.3 is 9.32 Å². The molecule has 0 radical (unpaired) electrons. The van der Waals surface area contributed by atoms with E-state index in [0.29, 0.717) is 0 Å². The topological polar surface area (TPSA) is 26.2 Å². The summed E-state index contributed by atoms with van der Waals surface area (Å²) >= 11 is 0. The highest BCUT2D eigenvalue weighted by atomic mass is 16.3. The van der Waals surface area contributed by atoms with Crippen LogP contribution < -0.4 is 4.90 Å². The van der Waals surface area contributed by atoms with Gasteiger partial charge in [0, 0.05) is 66.8 Å². The Morgan fingerprint density at radius 3 is 1.70 bits per heavy atom. The van der Waals surface area contributed by atoms with Crippen LogP contribution in [-0.2, 0) is 5.41 Å². The number of hydrogen-bond donors (Lipinski definition) is 0. The number of benzene rings is 10. The first-order valence-corrected chi connectivity index (χ1v) is 23.2. The summed E-state index contributed by atoms with van der Waals surface area (Å²) in [7, 11) is 0. The lowest BCUT2D eigenvalue weighted by Crippen LogP contribution is -2.17. The normalized spacial score (nSPS) is 13.0. The molecule has 0 atom stereocenters. The van der Waals surface area contributed by atoms with E-state index in [0.717, 1.165) is 50.4 Å². The maximum atomic E-state index is 6.66. The second-order valence-corrected chi connectivity index (χ2v) is 18.5. The Hall–Kier alpha value is -8.60. The molecule has 13 aromatic rings. The average Bonchev–Trinajstić information content (AvgIpc) is 4.09. The van der Waals surface area contributed by atoms with Crippen LogP contribution in [-0.4, -0.2) is 9.13 Å². The van der Waals surface area contributed by atoms with Crippen LogP contribution in [0, 0.1) is 0 Å². The van der Waals surface area contributed by atoms with Crippen LogP contribution in [0.3, 0.4) is 0 Å². The summed E-state index contributed by atoms with van der Waals surface area (Å²) in [6, 6.07) is 81.8. The zero-order chi connectivity index (χ0) is 44.4. The third-order valence-corrected chi connectivity index (χ3v) is 14.5. The van der Waals surface area contributed by atoms with Crippen molar-refractivity contribution in [3.63, 3.8) is 0 Å². The molecule has 0 spiro atoms. The molecular weight excluding hydrogens is 815 g/mol. The molecule has 4 heteroatoms. The SMILES string of the molecule is CC1(C)c2cc(N(c3ccc(-c4ccccc4)cc3)c3ccc4c(c3)oc3ccc5ccccc5c34)ccc2-c2ccc(-n3c4ccccc4c4c5ccccc5n(-c5ccccc5)c43)cc21. The fraction of sp³-hybridized carbons (Fsp3) is 0.0476. The molecule has 316 valence electrons. The molecule has 0 N–H and O–H groups in total. The van der Waals surface area contributed by atoms with Crippen LogP contribution in [0.4, 0.5) is 17.1 Å². The first-order valence-electron chi connectivity index (χ1n) is 23.2. The molecule has 3 aromatic heterocycles. The Balaban J connectivity index is 0.928. The number of rotatable bonds is 6.